The molecule has 1 aliphatic carbocycles. The van der Waals surface area contributed by atoms with Crippen molar-refractivity contribution >= 4 is 5.57 Å². The second-order valence-electron chi connectivity index (χ2n) is 5.44. The van der Waals surface area contributed by atoms with Gasteiger partial charge in [0.25, 0.3) is 0 Å². The number of aliphatic hydroxyl groups is 1. The Morgan fingerprint density at radius 2 is 1.79 bits per heavy atom. The molecule has 1 nitrogen and oxygen atoms in total. The maximum absolute atomic E-state index is 9.50. The first-order valence-corrected chi connectivity index (χ1v) is 6.88. The van der Waals surface area contributed by atoms with Crippen LogP contribution in [-0.4, -0.2) is 11.7 Å². The molecular weight excluding hydrogens is 232 g/mol. The van der Waals surface area contributed by atoms with Crippen molar-refractivity contribution < 1.29 is 5.11 Å². The molecule has 1 heteroatoms. The van der Waals surface area contributed by atoms with Crippen LogP contribution < -0.4 is 0 Å². The van der Waals surface area contributed by atoms with E-state index in [2.05, 4.69) is 62.4 Å². The molecule has 19 heavy (non-hydrogen) atoms. The van der Waals surface area contributed by atoms with E-state index in [0.717, 1.165) is 6.42 Å². The lowest BCUT2D eigenvalue weighted by atomic mass is 9.90. The van der Waals surface area contributed by atoms with E-state index in [-0.39, 0.29) is 12.0 Å². The highest BCUT2D eigenvalue weighted by Crippen LogP contribution is 2.31. The zero-order valence-electron chi connectivity index (χ0n) is 12.0. The van der Waals surface area contributed by atoms with E-state index in [1.54, 1.807) is 0 Å². The van der Waals surface area contributed by atoms with Crippen LogP contribution in [0.1, 0.15) is 31.9 Å². The van der Waals surface area contributed by atoms with Crippen molar-refractivity contribution in [3.63, 3.8) is 0 Å². The molecule has 1 atom stereocenters. The standard InChI is InChI=1S/C18H22O/c1-4-15-7-5-6-8-17(15)16-10-12-18(3,13-19)11-9-14(16)2/h5-12,19H,4,13H2,1-3H3. The molecule has 0 aromatic heterocycles. The first kappa shape index (κ1) is 13.8. The van der Waals surface area contributed by atoms with Gasteiger partial charge in [0.2, 0.25) is 0 Å². The number of allylic oxidation sites excluding steroid dienone is 4. The molecule has 0 amide bonds. The molecule has 0 radical (unpaired) electrons. The van der Waals surface area contributed by atoms with Gasteiger partial charge in [0.1, 0.15) is 0 Å². The van der Waals surface area contributed by atoms with Crippen molar-refractivity contribution in [1.29, 1.82) is 0 Å². The van der Waals surface area contributed by atoms with Crippen LogP contribution in [0.2, 0.25) is 0 Å². The molecule has 0 aliphatic heterocycles. The van der Waals surface area contributed by atoms with Gasteiger partial charge in [-0.3, -0.25) is 0 Å². The van der Waals surface area contributed by atoms with Crippen molar-refractivity contribution in [3.8, 4) is 0 Å². The van der Waals surface area contributed by atoms with Gasteiger partial charge in [0.15, 0.2) is 0 Å². The fourth-order valence-corrected chi connectivity index (χ4v) is 2.36. The molecule has 1 aromatic carbocycles. The first-order valence-electron chi connectivity index (χ1n) is 6.88. The summed E-state index contributed by atoms with van der Waals surface area (Å²) >= 11 is 0. The summed E-state index contributed by atoms with van der Waals surface area (Å²) < 4.78 is 0. The Balaban J connectivity index is 2.50. The predicted molar refractivity (Wildman–Crippen MR) is 81.9 cm³/mol. The van der Waals surface area contributed by atoms with Gasteiger partial charge in [-0.05, 0) is 35.6 Å². The highest BCUT2D eigenvalue weighted by molar-refractivity contribution is 5.80. The Morgan fingerprint density at radius 3 is 2.47 bits per heavy atom. The van der Waals surface area contributed by atoms with Gasteiger partial charge in [-0.15, -0.1) is 0 Å². The van der Waals surface area contributed by atoms with Crippen LogP contribution in [0, 0.1) is 5.41 Å². The van der Waals surface area contributed by atoms with Crippen LogP contribution in [0.5, 0.6) is 0 Å². The van der Waals surface area contributed by atoms with E-state index in [1.807, 2.05) is 6.92 Å². The third-order valence-electron chi connectivity index (χ3n) is 3.80. The molecule has 100 valence electrons. The maximum atomic E-state index is 9.50. The largest absolute Gasteiger partial charge is 0.395 e. The van der Waals surface area contributed by atoms with Gasteiger partial charge in [0, 0.05) is 5.41 Å². The second kappa shape index (κ2) is 5.58. The van der Waals surface area contributed by atoms with Crippen molar-refractivity contribution in [1.82, 2.24) is 0 Å². The summed E-state index contributed by atoms with van der Waals surface area (Å²) in [7, 11) is 0. The number of hydrogen-bond acceptors (Lipinski definition) is 1. The molecule has 2 rings (SSSR count). The van der Waals surface area contributed by atoms with Crippen LogP contribution >= 0.6 is 0 Å². The molecule has 1 aromatic rings. The topological polar surface area (TPSA) is 20.2 Å². The zero-order valence-corrected chi connectivity index (χ0v) is 12.0. The molecule has 0 heterocycles. The third-order valence-corrected chi connectivity index (χ3v) is 3.80. The number of hydrogen-bond donors (Lipinski definition) is 1. The van der Waals surface area contributed by atoms with Crippen LogP contribution in [-0.2, 0) is 6.42 Å². The summed E-state index contributed by atoms with van der Waals surface area (Å²) in [6.45, 7) is 6.49. The minimum Gasteiger partial charge on any atom is -0.395 e. The second-order valence-corrected chi connectivity index (χ2v) is 5.44. The molecule has 0 saturated carbocycles. The van der Waals surface area contributed by atoms with Crippen LogP contribution in [0.15, 0.2) is 54.1 Å². The van der Waals surface area contributed by atoms with E-state index in [1.165, 1.54) is 22.3 Å². The molecule has 0 bridgehead atoms. The number of rotatable bonds is 3. The van der Waals surface area contributed by atoms with E-state index in [0.29, 0.717) is 0 Å². The van der Waals surface area contributed by atoms with Gasteiger partial charge >= 0.3 is 0 Å². The Bertz CT molecular complexity index is 549. The van der Waals surface area contributed by atoms with Gasteiger partial charge in [0.05, 0.1) is 6.61 Å². The van der Waals surface area contributed by atoms with Crippen molar-refractivity contribution in [2.75, 3.05) is 6.61 Å². The Hall–Kier alpha value is -1.60. The minimum atomic E-state index is -0.260. The summed E-state index contributed by atoms with van der Waals surface area (Å²) in [5.41, 5.74) is 4.90. The SMILES string of the molecule is CCc1ccccc1C1=C(C)C=CC(C)(CO)C=C1. The van der Waals surface area contributed by atoms with E-state index < -0.39 is 0 Å². The number of aliphatic hydroxyl groups excluding tert-OH is 1. The maximum Gasteiger partial charge on any atom is 0.0554 e. The summed E-state index contributed by atoms with van der Waals surface area (Å²) in [4.78, 5) is 0. The lowest BCUT2D eigenvalue weighted by Crippen LogP contribution is -2.14. The van der Waals surface area contributed by atoms with E-state index in [9.17, 15) is 5.11 Å². The monoisotopic (exact) mass is 254 g/mol. The lowest BCUT2D eigenvalue weighted by molar-refractivity contribution is 0.220. The van der Waals surface area contributed by atoms with E-state index >= 15 is 0 Å². The Morgan fingerprint density at radius 1 is 1.11 bits per heavy atom. The predicted octanol–water partition coefficient (Wildman–Crippen LogP) is 4.15. The molecular formula is C18H22O. The summed E-state index contributed by atoms with van der Waals surface area (Å²) in [6, 6.07) is 8.54. The highest BCUT2D eigenvalue weighted by Gasteiger charge is 2.18. The highest BCUT2D eigenvalue weighted by atomic mass is 16.3. The summed E-state index contributed by atoms with van der Waals surface area (Å²) in [6.07, 6.45) is 9.49. The first-order chi connectivity index (χ1) is 9.09. The smallest absolute Gasteiger partial charge is 0.0554 e. The van der Waals surface area contributed by atoms with Crippen molar-refractivity contribution in [2.45, 2.75) is 27.2 Å². The number of aryl methyl sites for hydroxylation is 1. The Labute approximate surface area is 116 Å². The van der Waals surface area contributed by atoms with Crippen LogP contribution in [0.4, 0.5) is 0 Å². The molecule has 1 aliphatic rings. The average molecular weight is 254 g/mol. The Kier molecular flexibility index (Phi) is 4.06. The van der Waals surface area contributed by atoms with Crippen molar-refractivity contribution in [3.05, 3.63) is 65.3 Å². The average Bonchev–Trinajstić information content (AvgIpc) is 2.59. The molecule has 0 spiro atoms. The number of benzene rings is 1. The molecule has 0 fully saturated rings. The third kappa shape index (κ3) is 2.87. The zero-order chi connectivity index (χ0) is 13.9. The van der Waals surface area contributed by atoms with Gasteiger partial charge in [-0.1, -0.05) is 62.4 Å². The molecule has 1 N–H and O–H groups in total. The lowest BCUT2D eigenvalue weighted by Gasteiger charge is -2.17. The molecule has 1 unspecified atom stereocenters. The summed E-state index contributed by atoms with van der Waals surface area (Å²) in [5, 5.41) is 9.50. The van der Waals surface area contributed by atoms with Crippen LogP contribution in [0.25, 0.3) is 5.57 Å². The molecule has 0 saturated heterocycles. The summed E-state index contributed by atoms with van der Waals surface area (Å²) in [5.74, 6) is 0. The van der Waals surface area contributed by atoms with Crippen molar-refractivity contribution in [2.24, 2.45) is 5.41 Å². The fraction of sp³-hybridized carbons (Fsp3) is 0.333. The fourth-order valence-electron chi connectivity index (χ4n) is 2.36. The quantitative estimate of drug-likeness (QED) is 0.859. The van der Waals surface area contributed by atoms with Gasteiger partial charge in [-0.25, -0.2) is 0 Å². The van der Waals surface area contributed by atoms with Gasteiger partial charge < -0.3 is 5.11 Å². The van der Waals surface area contributed by atoms with E-state index in [4.69, 9.17) is 0 Å². The van der Waals surface area contributed by atoms with Gasteiger partial charge in [-0.2, -0.15) is 0 Å². The van der Waals surface area contributed by atoms with Crippen LogP contribution in [0.3, 0.4) is 0 Å². The minimum absolute atomic E-state index is 0.135. The normalized spacial score (nSPS) is 22.7.